The van der Waals surface area contributed by atoms with E-state index in [4.69, 9.17) is 0 Å². The standard InChI is InChI=1S/C17H24BrNO3S/c1-2-3-4-5-6-7-8-9-10-13-11-14-16(12-15(13)20)23(21,22)17(18)19-14/h11-12,20H,2-10H2,1H3. The molecular weight excluding hydrogens is 378 g/mol. The summed E-state index contributed by atoms with van der Waals surface area (Å²) in [7, 11) is -3.56. The van der Waals surface area contributed by atoms with Crippen LogP contribution < -0.4 is 0 Å². The van der Waals surface area contributed by atoms with E-state index >= 15 is 0 Å². The second-order valence-electron chi connectivity index (χ2n) is 6.04. The van der Waals surface area contributed by atoms with Crippen molar-refractivity contribution in [3.05, 3.63) is 17.7 Å². The van der Waals surface area contributed by atoms with Gasteiger partial charge in [-0.1, -0.05) is 51.9 Å². The van der Waals surface area contributed by atoms with Crippen LogP contribution in [0.2, 0.25) is 0 Å². The maximum absolute atomic E-state index is 12.0. The Labute approximate surface area is 147 Å². The third kappa shape index (κ3) is 4.57. The number of rotatable bonds is 9. The molecule has 128 valence electrons. The molecular formula is C17H24BrNO3S. The van der Waals surface area contributed by atoms with Gasteiger partial charge in [-0.05, 0) is 40.4 Å². The number of benzene rings is 1. The van der Waals surface area contributed by atoms with Crippen molar-refractivity contribution in [1.29, 1.82) is 0 Å². The SMILES string of the molecule is CCCCCCCCCCc1cc2c(cc1O)S(=O)(=O)C(Br)=N2. The average Bonchev–Trinajstić information content (AvgIpc) is 2.72. The molecule has 1 aromatic carbocycles. The van der Waals surface area contributed by atoms with E-state index in [1.807, 2.05) is 0 Å². The first-order valence-electron chi connectivity index (χ1n) is 8.32. The fourth-order valence-electron chi connectivity index (χ4n) is 2.80. The first kappa shape index (κ1) is 18.5. The first-order chi connectivity index (χ1) is 11.0. The molecule has 0 unspecified atom stereocenters. The summed E-state index contributed by atoms with van der Waals surface area (Å²) in [6.07, 6.45) is 10.6. The maximum Gasteiger partial charge on any atom is 0.232 e. The van der Waals surface area contributed by atoms with Gasteiger partial charge in [-0.2, -0.15) is 0 Å². The van der Waals surface area contributed by atoms with Crippen molar-refractivity contribution >= 4 is 35.4 Å². The molecule has 0 atom stereocenters. The Morgan fingerprint density at radius 1 is 1.04 bits per heavy atom. The van der Waals surface area contributed by atoms with Crippen LogP contribution in [0.15, 0.2) is 22.0 Å². The molecule has 0 spiro atoms. The molecule has 23 heavy (non-hydrogen) atoms. The van der Waals surface area contributed by atoms with E-state index in [9.17, 15) is 13.5 Å². The summed E-state index contributed by atoms with van der Waals surface area (Å²) in [5.41, 5.74) is 1.19. The van der Waals surface area contributed by atoms with Crippen molar-refractivity contribution in [1.82, 2.24) is 0 Å². The number of nitrogens with zero attached hydrogens (tertiary/aromatic N) is 1. The predicted molar refractivity (Wildman–Crippen MR) is 97.6 cm³/mol. The minimum Gasteiger partial charge on any atom is -0.508 e. The number of hydrogen-bond donors (Lipinski definition) is 1. The Hall–Kier alpha value is -0.880. The molecule has 2 rings (SSSR count). The third-order valence-corrected chi connectivity index (χ3v) is 7.08. The fraction of sp³-hybridized carbons (Fsp3) is 0.588. The summed E-state index contributed by atoms with van der Waals surface area (Å²) < 4.78 is 23.9. The van der Waals surface area contributed by atoms with E-state index < -0.39 is 9.84 Å². The maximum atomic E-state index is 12.0. The first-order valence-corrected chi connectivity index (χ1v) is 10.6. The Balaban J connectivity index is 1.85. The lowest BCUT2D eigenvalue weighted by atomic mass is 10.0. The van der Waals surface area contributed by atoms with Gasteiger partial charge in [0.15, 0.2) is 0 Å². The van der Waals surface area contributed by atoms with Crippen molar-refractivity contribution in [2.45, 2.75) is 69.6 Å². The van der Waals surface area contributed by atoms with Crippen molar-refractivity contribution in [2.75, 3.05) is 0 Å². The number of unbranched alkanes of at least 4 members (excludes halogenated alkanes) is 7. The molecule has 0 aliphatic carbocycles. The highest BCUT2D eigenvalue weighted by Gasteiger charge is 2.31. The smallest absolute Gasteiger partial charge is 0.232 e. The molecule has 1 aliphatic heterocycles. The van der Waals surface area contributed by atoms with E-state index in [1.54, 1.807) is 6.07 Å². The molecule has 0 saturated carbocycles. The van der Waals surface area contributed by atoms with Crippen LogP contribution in [-0.4, -0.2) is 17.5 Å². The van der Waals surface area contributed by atoms with Gasteiger partial charge in [-0.3, -0.25) is 0 Å². The lowest BCUT2D eigenvalue weighted by molar-refractivity contribution is 0.464. The number of phenolic OH excluding ortho intramolecular Hbond substituents is 1. The van der Waals surface area contributed by atoms with Crippen LogP contribution in [0.1, 0.15) is 63.9 Å². The third-order valence-electron chi connectivity index (χ3n) is 4.18. The van der Waals surface area contributed by atoms with Crippen LogP contribution in [0.5, 0.6) is 5.75 Å². The van der Waals surface area contributed by atoms with Gasteiger partial charge < -0.3 is 5.11 Å². The summed E-state index contributed by atoms with van der Waals surface area (Å²) in [6.45, 7) is 2.22. The van der Waals surface area contributed by atoms with Gasteiger partial charge >= 0.3 is 0 Å². The quantitative estimate of drug-likeness (QED) is 0.574. The Bertz CT molecular complexity index is 683. The van der Waals surface area contributed by atoms with Crippen molar-refractivity contribution in [3.63, 3.8) is 0 Å². The van der Waals surface area contributed by atoms with Crippen molar-refractivity contribution < 1.29 is 13.5 Å². The number of aliphatic imine (C=N–C) groups is 1. The summed E-state index contributed by atoms with van der Waals surface area (Å²) in [6, 6.07) is 3.01. The number of sulfone groups is 1. The zero-order chi connectivity index (χ0) is 16.9. The monoisotopic (exact) mass is 401 g/mol. The van der Waals surface area contributed by atoms with E-state index in [-0.39, 0.29) is 14.6 Å². The van der Waals surface area contributed by atoms with Crippen LogP contribution >= 0.6 is 15.9 Å². The molecule has 0 fully saturated rings. The minimum absolute atomic E-state index is 0.0488. The van der Waals surface area contributed by atoms with E-state index in [2.05, 4.69) is 27.8 Å². The zero-order valence-corrected chi connectivity index (χ0v) is 15.9. The van der Waals surface area contributed by atoms with Gasteiger partial charge in [-0.15, -0.1) is 0 Å². The van der Waals surface area contributed by atoms with Gasteiger partial charge in [0.1, 0.15) is 10.6 Å². The molecule has 0 aromatic heterocycles. The van der Waals surface area contributed by atoms with Crippen molar-refractivity contribution in [2.24, 2.45) is 4.99 Å². The summed E-state index contributed by atoms with van der Waals surface area (Å²) in [4.78, 5) is 4.11. The lowest BCUT2D eigenvalue weighted by Crippen LogP contribution is -2.03. The van der Waals surface area contributed by atoms with Gasteiger partial charge in [0.05, 0.1) is 5.69 Å². The molecule has 0 radical (unpaired) electrons. The number of halogens is 1. The van der Waals surface area contributed by atoms with E-state index in [1.165, 1.54) is 44.6 Å². The average molecular weight is 402 g/mol. The summed E-state index contributed by atoms with van der Waals surface area (Å²) in [5, 5.41) is 10.1. The Morgan fingerprint density at radius 3 is 2.30 bits per heavy atom. The van der Waals surface area contributed by atoms with Crippen LogP contribution in [-0.2, 0) is 16.3 Å². The van der Waals surface area contributed by atoms with Crippen LogP contribution in [0.4, 0.5) is 5.69 Å². The number of phenols is 1. The topological polar surface area (TPSA) is 66.7 Å². The Kier molecular flexibility index (Phi) is 6.65. The van der Waals surface area contributed by atoms with E-state index in [0.29, 0.717) is 5.69 Å². The summed E-state index contributed by atoms with van der Waals surface area (Å²) in [5.74, 6) is 0.0488. The highest BCUT2D eigenvalue weighted by Crippen LogP contribution is 2.39. The predicted octanol–water partition coefficient (Wildman–Crippen LogP) is 5.25. The second-order valence-corrected chi connectivity index (χ2v) is 9.15. The number of aryl methyl sites for hydroxylation is 1. The largest absolute Gasteiger partial charge is 0.508 e. The summed E-state index contributed by atoms with van der Waals surface area (Å²) >= 11 is 2.97. The molecule has 1 heterocycles. The molecule has 0 amide bonds. The molecule has 4 nitrogen and oxygen atoms in total. The van der Waals surface area contributed by atoms with Gasteiger partial charge in [0.2, 0.25) is 13.8 Å². The fourth-order valence-corrected chi connectivity index (χ4v) is 4.56. The molecule has 0 bridgehead atoms. The zero-order valence-electron chi connectivity index (χ0n) is 13.5. The van der Waals surface area contributed by atoms with E-state index in [0.717, 1.165) is 24.8 Å². The van der Waals surface area contributed by atoms with Crippen molar-refractivity contribution in [3.8, 4) is 5.75 Å². The highest BCUT2D eigenvalue weighted by atomic mass is 79.9. The second kappa shape index (κ2) is 8.29. The molecule has 6 heteroatoms. The number of hydrogen-bond acceptors (Lipinski definition) is 4. The highest BCUT2D eigenvalue weighted by molar-refractivity contribution is 9.21. The lowest BCUT2D eigenvalue weighted by Gasteiger charge is -2.07. The molecule has 1 aliphatic rings. The molecule has 0 saturated heterocycles. The van der Waals surface area contributed by atoms with Gasteiger partial charge in [-0.25, -0.2) is 13.4 Å². The van der Waals surface area contributed by atoms with Gasteiger partial charge in [0, 0.05) is 6.07 Å². The van der Waals surface area contributed by atoms with Crippen LogP contribution in [0, 0.1) is 0 Å². The normalized spacial score (nSPS) is 15.5. The van der Waals surface area contributed by atoms with Crippen LogP contribution in [0.3, 0.4) is 0 Å². The van der Waals surface area contributed by atoms with Crippen LogP contribution in [0.25, 0.3) is 0 Å². The number of aromatic hydroxyl groups is 1. The minimum atomic E-state index is -3.56. The Morgan fingerprint density at radius 2 is 1.65 bits per heavy atom. The number of fused-ring (bicyclic) bond motifs is 1. The molecule has 1 aromatic rings. The van der Waals surface area contributed by atoms with Gasteiger partial charge in [0.25, 0.3) is 0 Å². The molecule has 1 N–H and O–H groups in total.